The third-order valence-corrected chi connectivity index (χ3v) is 1.61. The molecule has 14 heavy (non-hydrogen) atoms. The summed E-state index contributed by atoms with van der Waals surface area (Å²) in [5, 5.41) is 0. The Bertz CT molecular complexity index is 193. The maximum absolute atomic E-state index is 4.04. The second-order valence-electron chi connectivity index (χ2n) is 3.31. The topological polar surface area (TPSA) is 12.4 Å². The Hall–Kier alpha value is -0.850. The summed E-state index contributed by atoms with van der Waals surface area (Å²) in [6, 6.07) is 0. The first-order valence-corrected chi connectivity index (χ1v) is 5.34. The van der Waals surface area contributed by atoms with Crippen LogP contribution in [-0.2, 0) is 0 Å². The average Bonchev–Trinajstić information content (AvgIpc) is 2.15. The van der Waals surface area contributed by atoms with Gasteiger partial charge in [-0.05, 0) is 41.0 Å². The zero-order chi connectivity index (χ0) is 11.4. The quantitative estimate of drug-likeness (QED) is 0.467. The van der Waals surface area contributed by atoms with Crippen molar-refractivity contribution < 1.29 is 0 Å². The van der Waals surface area contributed by atoms with Gasteiger partial charge in [0, 0.05) is 12.3 Å². The van der Waals surface area contributed by atoms with Crippen LogP contribution in [0, 0.1) is 0 Å². The number of hydrogen-bond donors (Lipinski definition) is 0. The minimum Gasteiger partial charge on any atom is -0.295 e. The Morgan fingerprint density at radius 2 is 1.71 bits per heavy atom. The highest BCUT2D eigenvalue weighted by molar-refractivity contribution is 5.78. The van der Waals surface area contributed by atoms with E-state index < -0.39 is 0 Å². The molecule has 0 rings (SSSR count). The van der Waals surface area contributed by atoms with Crippen LogP contribution < -0.4 is 0 Å². The predicted octanol–water partition coefficient (Wildman–Crippen LogP) is 4.41. The van der Waals surface area contributed by atoms with Gasteiger partial charge < -0.3 is 0 Å². The van der Waals surface area contributed by atoms with E-state index in [0.717, 1.165) is 18.7 Å². The first kappa shape index (κ1) is 15.6. The van der Waals surface area contributed by atoms with Crippen molar-refractivity contribution in [2.75, 3.05) is 6.54 Å². The van der Waals surface area contributed by atoms with E-state index in [0.29, 0.717) is 0 Å². The highest BCUT2D eigenvalue weighted by Gasteiger charge is 1.75. The van der Waals surface area contributed by atoms with E-state index in [1.807, 2.05) is 33.8 Å². The Balaban J connectivity index is 0. The normalized spacial score (nSPS) is 10.9. The zero-order valence-electron chi connectivity index (χ0n) is 10.6. The van der Waals surface area contributed by atoms with Crippen LogP contribution in [-0.4, -0.2) is 12.3 Å². The summed E-state index contributed by atoms with van der Waals surface area (Å²) in [5.41, 5.74) is 2.60. The number of hydrogen-bond acceptors (Lipinski definition) is 1. The van der Waals surface area contributed by atoms with Gasteiger partial charge in [0.15, 0.2) is 0 Å². The lowest BCUT2D eigenvalue weighted by molar-refractivity contribution is 1.10. The van der Waals surface area contributed by atoms with Crippen LogP contribution in [0.25, 0.3) is 0 Å². The molecule has 0 heterocycles. The molecule has 0 saturated carbocycles. The molecule has 0 fully saturated rings. The Morgan fingerprint density at radius 1 is 1.14 bits per heavy atom. The molecule has 0 N–H and O–H groups in total. The maximum Gasteiger partial charge on any atom is 0.0360 e. The van der Waals surface area contributed by atoms with E-state index in [4.69, 9.17) is 0 Å². The molecular weight excluding hydrogens is 170 g/mol. The van der Waals surface area contributed by atoms with Crippen molar-refractivity contribution in [3.05, 3.63) is 23.8 Å². The second-order valence-corrected chi connectivity index (χ2v) is 3.31. The van der Waals surface area contributed by atoms with Crippen molar-refractivity contribution in [3.63, 3.8) is 0 Å². The molecule has 0 amide bonds. The first-order valence-electron chi connectivity index (χ1n) is 5.34. The van der Waals surface area contributed by atoms with Crippen molar-refractivity contribution in [1.82, 2.24) is 0 Å². The van der Waals surface area contributed by atoms with Crippen LogP contribution in [0.15, 0.2) is 28.8 Å². The third kappa shape index (κ3) is 17.3. The fourth-order valence-corrected chi connectivity index (χ4v) is 0.695. The fourth-order valence-electron chi connectivity index (χ4n) is 0.695. The summed E-state index contributed by atoms with van der Waals surface area (Å²) in [6.07, 6.45) is 7.41. The molecule has 0 unspecified atom stereocenters. The van der Waals surface area contributed by atoms with E-state index >= 15 is 0 Å². The van der Waals surface area contributed by atoms with Crippen molar-refractivity contribution in [3.8, 4) is 0 Å². The Morgan fingerprint density at radius 3 is 1.93 bits per heavy atom. The van der Waals surface area contributed by atoms with Gasteiger partial charge in [-0.2, -0.15) is 0 Å². The number of allylic oxidation sites excluding steroid dienone is 4. The summed E-state index contributed by atoms with van der Waals surface area (Å²) in [5.74, 6) is 0. The standard InChI is InChI=1S/C8H14.C5H11N/c1-4-6-7-8(3)5-2;1-4-6-5(2)3/h4,6-7H,5H2,1-3H3;4H2,1-3H3/b6-4+,8-7-;. The monoisotopic (exact) mass is 195 g/mol. The van der Waals surface area contributed by atoms with Crippen LogP contribution >= 0.6 is 0 Å². The number of rotatable bonds is 3. The minimum absolute atomic E-state index is 0.919. The molecule has 0 aliphatic heterocycles. The maximum atomic E-state index is 4.04. The van der Waals surface area contributed by atoms with E-state index in [2.05, 4.69) is 31.0 Å². The van der Waals surface area contributed by atoms with Crippen molar-refractivity contribution in [2.24, 2.45) is 4.99 Å². The van der Waals surface area contributed by atoms with Crippen LogP contribution in [0.2, 0.25) is 0 Å². The lowest BCUT2D eigenvalue weighted by Crippen LogP contribution is -1.79. The van der Waals surface area contributed by atoms with Crippen LogP contribution in [0.1, 0.15) is 48.0 Å². The molecule has 0 radical (unpaired) electrons. The van der Waals surface area contributed by atoms with Crippen molar-refractivity contribution in [1.29, 1.82) is 0 Å². The molecule has 0 spiro atoms. The molecule has 1 heteroatoms. The molecule has 0 aliphatic rings. The van der Waals surface area contributed by atoms with Gasteiger partial charge in [-0.1, -0.05) is 30.7 Å². The van der Waals surface area contributed by atoms with Gasteiger partial charge in [0.2, 0.25) is 0 Å². The summed E-state index contributed by atoms with van der Waals surface area (Å²) in [4.78, 5) is 4.04. The minimum atomic E-state index is 0.919. The summed E-state index contributed by atoms with van der Waals surface area (Å²) >= 11 is 0. The summed E-state index contributed by atoms with van der Waals surface area (Å²) in [7, 11) is 0. The van der Waals surface area contributed by atoms with Gasteiger partial charge in [-0.3, -0.25) is 4.99 Å². The molecule has 0 saturated heterocycles. The molecule has 0 atom stereocenters. The SMILES string of the molecule is C/C=C/C=C(/C)CC.CCN=C(C)C. The molecule has 1 nitrogen and oxygen atoms in total. The first-order chi connectivity index (χ1) is 6.58. The lowest BCUT2D eigenvalue weighted by atomic mass is 10.2. The lowest BCUT2D eigenvalue weighted by Gasteiger charge is -1.87. The van der Waals surface area contributed by atoms with E-state index in [9.17, 15) is 0 Å². The molecule has 0 aromatic rings. The molecule has 0 aromatic carbocycles. The average molecular weight is 195 g/mol. The summed E-state index contributed by atoms with van der Waals surface area (Å²) in [6.45, 7) is 13.3. The fraction of sp³-hybridized carbons (Fsp3) is 0.615. The van der Waals surface area contributed by atoms with Gasteiger partial charge in [0.1, 0.15) is 0 Å². The molecule has 0 aromatic heterocycles. The van der Waals surface area contributed by atoms with E-state index in [1.54, 1.807) is 0 Å². The van der Waals surface area contributed by atoms with Crippen LogP contribution in [0.5, 0.6) is 0 Å². The van der Waals surface area contributed by atoms with E-state index in [-0.39, 0.29) is 0 Å². The van der Waals surface area contributed by atoms with Gasteiger partial charge in [0.25, 0.3) is 0 Å². The zero-order valence-corrected chi connectivity index (χ0v) is 10.6. The van der Waals surface area contributed by atoms with Gasteiger partial charge in [0.05, 0.1) is 0 Å². The van der Waals surface area contributed by atoms with E-state index in [1.165, 1.54) is 5.57 Å². The Labute approximate surface area is 89.6 Å². The smallest absolute Gasteiger partial charge is 0.0360 e. The van der Waals surface area contributed by atoms with Crippen molar-refractivity contribution >= 4 is 5.71 Å². The molecular formula is C13H25N. The number of nitrogens with zero attached hydrogens (tertiary/aromatic N) is 1. The highest BCUT2D eigenvalue weighted by Crippen LogP contribution is 1.96. The second kappa shape index (κ2) is 12.2. The highest BCUT2D eigenvalue weighted by atomic mass is 14.7. The summed E-state index contributed by atoms with van der Waals surface area (Å²) < 4.78 is 0. The molecule has 0 aliphatic carbocycles. The largest absolute Gasteiger partial charge is 0.295 e. The third-order valence-electron chi connectivity index (χ3n) is 1.61. The molecule has 0 bridgehead atoms. The van der Waals surface area contributed by atoms with Gasteiger partial charge in [-0.25, -0.2) is 0 Å². The number of aliphatic imine (C=N–C) groups is 1. The van der Waals surface area contributed by atoms with Gasteiger partial charge in [-0.15, -0.1) is 0 Å². The van der Waals surface area contributed by atoms with Crippen LogP contribution in [0.4, 0.5) is 0 Å². The Kier molecular flexibility index (Phi) is 13.6. The van der Waals surface area contributed by atoms with Gasteiger partial charge >= 0.3 is 0 Å². The van der Waals surface area contributed by atoms with Crippen molar-refractivity contribution in [2.45, 2.75) is 48.0 Å². The van der Waals surface area contributed by atoms with Crippen LogP contribution in [0.3, 0.4) is 0 Å². The predicted molar refractivity (Wildman–Crippen MR) is 68.2 cm³/mol. The molecule has 82 valence electrons.